The van der Waals surface area contributed by atoms with Crippen LogP contribution in [0.25, 0.3) is 10.9 Å². The zero-order valence-corrected chi connectivity index (χ0v) is 18.5. The molecule has 4 aromatic rings. The van der Waals surface area contributed by atoms with Gasteiger partial charge in [0.2, 0.25) is 0 Å². The zero-order chi connectivity index (χ0) is 23.4. The molecular formula is C23H17ClN4O4S. The molecule has 8 nitrogen and oxygen atoms in total. The highest BCUT2D eigenvalue weighted by molar-refractivity contribution is 7.92. The standard InChI is InChI=1S/C23H17ClN4O4S/c24-17-9-11-18(12-10-17)33(31,32)28-21-8-4-2-6-19(21)23(30)27-25-14-16-13-15-5-1-3-7-20(15)26-22(16)29/h1-14,28H,(H,26,29)(H,27,30). The molecule has 0 bridgehead atoms. The third kappa shape index (κ3) is 5.11. The summed E-state index contributed by atoms with van der Waals surface area (Å²) in [6.07, 6.45) is 1.23. The Balaban J connectivity index is 1.53. The molecule has 0 saturated carbocycles. The SMILES string of the molecule is O=C(NN=Cc1cc2ccccc2[nH]c1=O)c1ccccc1NS(=O)(=O)c1ccc(Cl)cc1. The lowest BCUT2D eigenvalue weighted by molar-refractivity contribution is 0.0956. The summed E-state index contributed by atoms with van der Waals surface area (Å²) in [5.41, 5.74) is 3.03. The molecule has 3 N–H and O–H groups in total. The average molecular weight is 481 g/mol. The lowest BCUT2D eigenvalue weighted by atomic mass is 10.2. The van der Waals surface area contributed by atoms with E-state index in [1.807, 2.05) is 18.2 Å². The summed E-state index contributed by atoms with van der Waals surface area (Å²) in [4.78, 5) is 27.6. The van der Waals surface area contributed by atoms with Crippen molar-refractivity contribution in [2.75, 3.05) is 4.72 Å². The maximum Gasteiger partial charge on any atom is 0.273 e. The molecule has 166 valence electrons. The smallest absolute Gasteiger partial charge is 0.273 e. The van der Waals surface area contributed by atoms with Gasteiger partial charge in [-0.05, 0) is 53.9 Å². The van der Waals surface area contributed by atoms with Crippen molar-refractivity contribution in [1.29, 1.82) is 0 Å². The van der Waals surface area contributed by atoms with Crippen molar-refractivity contribution in [3.63, 3.8) is 0 Å². The van der Waals surface area contributed by atoms with Crippen molar-refractivity contribution in [1.82, 2.24) is 10.4 Å². The Morgan fingerprint density at radius 2 is 1.67 bits per heavy atom. The van der Waals surface area contributed by atoms with E-state index in [-0.39, 0.29) is 27.3 Å². The van der Waals surface area contributed by atoms with Gasteiger partial charge in [0.15, 0.2) is 0 Å². The first-order valence-corrected chi connectivity index (χ1v) is 11.5. The normalized spacial score (nSPS) is 11.5. The van der Waals surface area contributed by atoms with E-state index < -0.39 is 15.9 Å². The summed E-state index contributed by atoms with van der Waals surface area (Å²) in [6.45, 7) is 0. The van der Waals surface area contributed by atoms with Crippen LogP contribution in [0.5, 0.6) is 0 Å². The first-order chi connectivity index (χ1) is 15.8. The summed E-state index contributed by atoms with van der Waals surface area (Å²) < 4.78 is 27.8. The van der Waals surface area contributed by atoms with Gasteiger partial charge < -0.3 is 4.98 Å². The molecule has 1 aromatic heterocycles. The minimum absolute atomic E-state index is 0.00402. The highest BCUT2D eigenvalue weighted by atomic mass is 35.5. The topological polar surface area (TPSA) is 120 Å². The minimum Gasteiger partial charge on any atom is -0.321 e. The van der Waals surface area contributed by atoms with Crippen LogP contribution in [0.15, 0.2) is 93.7 Å². The number of aromatic nitrogens is 1. The number of rotatable bonds is 6. The molecule has 0 fully saturated rings. The Bertz CT molecular complexity index is 1530. The second-order valence-corrected chi connectivity index (χ2v) is 9.06. The number of hydrogen-bond acceptors (Lipinski definition) is 5. The number of nitrogens with zero attached hydrogens (tertiary/aromatic N) is 1. The summed E-state index contributed by atoms with van der Waals surface area (Å²) >= 11 is 5.82. The summed E-state index contributed by atoms with van der Waals surface area (Å²) in [7, 11) is -3.95. The number of hydrazone groups is 1. The van der Waals surface area contributed by atoms with E-state index in [4.69, 9.17) is 11.6 Å². The van der Waals surface area contributed by atoms with E-state index in [9.17, 15) is 18.0 Å². The van der Waals surface area contributed by atoms with Crippen LogP contribution < -0.4 is 15.7 Å². The fourth-order valence-corrected chi connectivity index (χ4v) is 4.27. The number of benzene rings is 3. The molecule has 0 radical (unpaired) electrons. The lowest BCUT2D eigenvalue weighted by Gasteiger charge is -2.11. The van der Waals surface area contributed by atoms with Crippen molar-refractivity contribution in [3.05, 3.63) is 105 Å². The number of aromatic amines is 1. The monoisotopic (exact) mass is 480 g/mol. The number of carbonyl (C=O) groups excluding carboxylic acids is 1. The Morgan fingerprint density at radius 1 is 0.970 bits per heavy atom. The van der Waals surface area contributed by atoms with Crippen LogP contribution in [0.3, 0.4) is 0 Å². The number of anilines is 1. The molecule has 0 saturated heterocycles. The number of amides is 1. The number of pyridine rings is 1. The maximum absolute atomic E-state index is 12.7. The van der Waals surface area contributed by atoms with E-state index in [2.05, 4.69) is 20.2 Å². The summed E-state index contributed by atoms with van der Waals surface area (Å²) in [5.74, 6) is -0.655. The number of sulfonamides is 1. The molecule has 3 aromatic carbocycles. The van der Waals surface area contributed by atoms with Gasteiger partial charge in [-0.25, -0.2) is 13.8 Å². The Morgan fingerprint density at radius 3 is 2.45 bits per heavy atom. The third-order valence-corrected chi connectivity index (χ3v) is 6.33. The van der Waals surface area contributed by atoms with Crippen LogP contribution in [0.4, 0.5) is 5.69 Å². The summed E-state index contributed by atoms with van der Waals surface area (Å²) in [5, 5.41) is 5.07. The van der Waals surface area contributed by atoms with Crippen LogP contribution in [-0.4, -0.2) is 25.5 Å². The van der Waals surface area contributed by atoms with Crippen LogP contribution in [-0.2, 0) is 10.0 Å². The third-order valence-electron chi connectivity index (χ3n) is 4.69. The predicted octanol–water partition coefficient (Wildman–Crippen LogP) is 3.75. The summed E-state index contributed by atoms with van der Waals surface area (Å²) in [6, 6.07) is 20.6. The van der Waals surface area contributed by atoms with Gasteiger partial charge in [0.05, 0.1) is 27.9 Å². The molecule has 10 heteroatoms. The molecule has 0 unspecified atom stereocenters. The maximum atomic E-state index is 12.7. The van der Waals surface area contributed by atoms with Crippen molar-refractivity contribution < 1.29 is 13.2 Å². The second-order valence-electron chi connectivity index (χ2n) is 6.95. The van der Waals surface area contributed by atoms with E-state index in [0.29, 0.717) is 10.5 Å². The van der Waals surface area contributed by atoms with Gasteiger partial charge in [0, 0.05) is 10.5 Å². The van der Waals surface area contributed by atoms with Gasteiger partial charge in [-0.3, -0.25) is 14.3 Å². The van der Waals surface area contributed by atoms with Crippen LogP contribution in [0, 0.1) is 0 Å². The van der Waals surface area contributed by atoms with Crippen LogP contribution in [0.1, 0.15) is 15.9 Å². The molecule has 0 spiro atoms. The number of carbonyl (C=O) groups is 1. The fraction of sp³-hybridized carbons (Fsp3) is 0. The zero-order valence-electron chi connectivity index (χ0n) is 16.9. The minimum atomic E-state index is -3.95. The van der Waals surface area contributed by atoms with E-state index in [1.165, 1.54) is 42.6 Å². The van der Waals surface area contributed by atoms with Gasteiger partial charge in [-0.15, -0.1) is 0 Å². The first-order valence-electron chi connectivity index (χ1n) is 9.66. The molecule has 0 aliphatic heterocycles. The number of nitrogens with one attached hydrogen (secondary N) is 3. The number of fused-ring (bicyclic) bond motifs is 1. The van der Waals surface area contributed by atoms with Crippen molar-refractivity contribution in [3.8, 4) is 0 Å². The van der Waals surface area contributed by atoms with Gasteiger partial charge in [-0.2, -0.15) is 5.10 Å². The lowest BCUT2D eigenvalue weighted by Crippen LogP contribution is -2.22. The largest absolute Gasteiger partial charge is 0.321 e. The Labute approximate surface area is 194 Å². The van der Waals surface area contributed by atoms with E-state index in [1.54, 1.807) is 24.3 Å². The molecule has 1 heterocycles. The second kappa shape index (κ2) is 9.27. The molecule has 4 rings (SSSR count). The number of para-hydroxylation sites is 2. The number of H-pyrrole nitrogens is 1. The highest BCUT2D eigenvalue weighted by Crippen LogP contribution is 2.21. The quantitative estimate of drug-likeness (QED) is 0.287. The number of hydrogen-bond donors (Lipinski definition) is 3. The first kappa shape index (κ1) is 22.3. The highest BCUT2D eigenvalue weighted by Gasteiger charge is 2.18. The van der Waals surface area contributed by atoms with Gasteiger partial charge >= 0.3 is 0 Å². The molecule has 33 heavy (non-hydrogen) atoms. The van der Waals surface area contributed by atoms with E-state index in [0.717, 1.165) is 5.39 Å². The Kier molecular flexibility index (Phi) is 6.25. The molecule has 0 atom stereocenters. The molecule has 0 aliphatic rings. The van der Waals surface area contributed by atoms with Crippen molar-refractivity contribution >= 4 is 50.3 Å². The molecule has 1 amide bonds. The molecular weight excluding hydrogens is 464 g/mol. The van der Waals surface area contributed by atoms with Gasteiger partial charge in [-0.1, -0.05) is 41.9 Å². The van der Waals surface area contributed by atoms with E-state index >= 15 is 0 Å². The average Bonchev–Trinajstić information content (AvgIpc) is 2.79. The van der Waals surface area contributed by atoms with Crippen molar-refractivity contribution in [2.45, 2.75) is 4.90 Å². The van der Waals surface area contributed by atoms with Gasteiger partial charge in [0.1, 0.15) is 0 Å². The van der Waals surface area contributed by atoms with Crippen molar-refractivity contribution in [2.24, 2.45) is 5.10 Å². The Hall–Kier alpha value is -3.95. The van der Waals surface area contributed by atoms with Crippen LogP contribution >= 0.6 is 11.6 Å². The predicted molar refractivity (Wildman–Crippen MR) is 128 cm³/mol. The fourth-order valence-electron chi connectivity index (χ4n) is 3.07. The molecule has 0 aliphatic carbocycles. The van der Waals surface area contributed by atoms with Crippen LogP contribution in [0.2, 0.25) is 5.02 Å². The number of halogens is 1. The van der Waals surface area contributed by atoms with Gasteiger partial charge in [0.25, 0.3) is 21.5 Å².